The van der Waals surface area contributed by atoms with Gasteiger partial charge in [-0.3, -0.25) is 4.90 Å². The van der Waals surface area contributed by atoms with Gasteiger partial charge in [0, 0.05) is 18.6 Å². The van der Waals surface area contributed by atoms with Gasteiger partial charge in [0.2, 0.25) is 0 Å². The molecular formula is C15H33N3. The van der Waals surface area contributed by atoms with Crippen molar-refractivity contribution in [1.82, 2.24) is 15.1 Å². The van der Waals surface area contributed by atoms with Crippen LogP contribution >= 0.6 is 0 Å². The molecule has 0 aromatic carbocycles. The fraction of sp³-hybridized carbons (Fsp3) is 1.00. The van der Waals surface area contributed by atoms with E-state index in [2.05, 4.69) is 42.9 Å². The van der Waals surface area contributed by atoms with Crippen molar-refractivity contribution in [3.8, 4) is 0 Å². The second-order valence-corrected chi connectivity index (χ2v) is 5.86. The minimum absolute atomic E-state index is 0.656. The zero-order chi connectivity index (χ0) is 13.4. The van der Waals surface area contributed by atoms with Gasteiger partial charge in [0.15, 0.2) is 0 Å². The summed E-state index contributed by atoms with van der Waals surface area (Å²) in [5, 5.41) is 3.59. The fourth-order valence-electron chi connectivity index (χ4n) is 2.83. The number of rotatable bonds is 7. The van der Waals surface area contributed by atoms with Crippen molar-refractivity contribution in [1.29, 1.82) is 0 Å². The third-order valence-electron chi connectivity index (χ3n) is 4.09. The van der Waals surface area contributed by atoms with E-state index in [9.17, 15) is 0 Å². The summed E-state index contributed by atoms with van der Waals surface area (Å²) in [5.74, 6) is 0. The SMILES string of the molecule is CCCNC(C)CCN1CCCN(C)CC1CC. The predicted octanol–water partition coefficient (Wildman–Crippen LogP) is 2.18. The summed E-state index contributed by atoms with van der Waals surface area (Å²) in [6, 6.07) is 1.42. The molecule has 1 aliphatic rings. The minimum Gasteiger partial charge on any atom is -0.314 e. The molecule has 0 aromatic rings. The van der Waals surface area contributed by atoms with Gasteiger partial charge in [0.1, 0.15) is 0 Å². The van der Waals surface area contributed by atoms with Crippen LogP contribution in [0.2, 0.25) is 0 Å². The molecule has 108 valence electrons. The van der Waals surface area contributed by atoms with E-state index in [4.69, 9.17) is 0 Å². The summed E-state index contributed by atoms with van der Waals surface area (Å²) in [7, 11) is 2.26. The molecule has 0 amide bonds. The molecule has 0 spiro atoms. The summed E-state index contributed by atoms with van der Waals surface area (Å²) in [6.07, 6.45) is 5.11. The Morgan fingerprint density at radius 1 is 1.28 bits per heavy atom. The van der Waals surface area contributed by atoms with E-state index in [1.165, 1.54) is 51.9 Å². The van der Waals surface area contributed by atoms with Crippen molar-refractivity contribution >= 4 is 0 Å². The molecule has 0 bridgehead atoms. The van der Waals surface area contributed by atoms with E-state index in [0.717, 1.165) is 12.6 Å². The lowest BCUT2D eigenvalue weighted by atomic mass is 10.1. The Bertz CT molecular complexity index is 208. The Kier molecular flexibility index (Phi) is 7.87. The predicted molar refractivity (Wildman–Crippen MR) is 80.1 cm³/mol. The van der Waals surface area contributed by atoms with Gasteiger partial charge < -0.3 is 10.2 Å². The van der Waals surface area contributed by atoms with E-state index >= 15 is 0 Å². The molecule has 0 aromatic heterocycles. The Labute approximate surface area is 114 Å². The Morgan fingerprint density at radius 2 is 2.06 bits per heavy atom. The van der Waals surface area contributed by atoms with Crippen molar-refractivity contribution in [3.63, 3.8) is 0 Å². The maximum Gasteiger partial charge on any atom is 0.0220 e. The summed E-state index contributed by atoms with van der Waals surface area (Å²) < 4.78 is 0. The topological polar surface area (TPSA) is 18.5 Å². The van der Waals surface area contributed by atoms with Gasteiger partial charge >= 0.3 is 0 Å². The standard InChI is InChI=1S/C15H33N3/c1-5-9-16-14(3)8-12-18-11-7-10-17(4)13-15(18)6-2/h14-16H,5-13H2,1-4H3. The quantitative estimate of drug-likeness (QED) is 0.752. The highest BCUT2D eigenvalue weighted by atomic mass is 15.2. The molecule has 0 aliphatic carbocycles. The van der Waals surface area contributed by atoms with Crippen molar-refractivity contribution in [2.75, 3.05) is 39.8 Å². The maximum atomic E-state index is 3.59. The van der Waals surface area contributed by atoms with Crippen LogP contribution in [0.1, 0.15) is 46.5 Å². The van der Waals surface area contributed by atoms with Gasteiger partial charge in [-0.25, -0.2) is 0 Å². The molecule has 1 fully saturated rings. The van der Waals surface area contributed by atoms with Crippen LogP contribution in [-0.4, -0.2) is 61.7 Å². The average Bonchev–Trinajstić information content (AvgIpc) is 2.55. The number of hydrogen-bond donors (Lipinski definition) is 1. The van der Waals surface area contributed by atoms with E-state index in [1.54, 1.807) is 0 Å². The molecular weight excluding hydrogens is 222 g/mol. The van der Waals surface area contributed by atoms with Crippen LogP contribution in [-0.2, 0) is 0 Å². The summed E-state index contributed by atoms with van der Waals surface area (Å²) >= 11 is 0. The van der Waals surface area contributed by atoms with Crippen molar-refractivity contribution in [2.24, 2.45) is 0 Å². The number of hydrogen-bond acceptors (Lipinski definition) is 3. The van der Waals surface area contributed by atoms with Crippen LogP contribution in [0.15, 0.2) is 0 Å². The molecule has 2 atom stereocenters. The molecule has 1 N–H and O–H groups in total. The minimum atomic E-state index is 0.656. The molecule has 18 heavy (non-hydrogen) atoms. The van der Waals surface area contributed by atoms with Gasteiger partial charge in [0.05, 0.1) is 0 Å². The smallest absolute Gasteiger partial charge is 0.0220 e. The number of nitrogens with one attached hydrogen (secondary N) is 1. The number of likely N-dealkylation sites (N-methyl/N-ethyl adjacent to an activating group) is 1. The lowest BCUT2D eigenvalue weighted by Gasteiger charge is -2.31. The molecule has 1 heterocycles. The first-order valence-electron chi connectivity index (χ1n) is 7.83. The van der Waals surface area contributed by atoms with Crippen LogP contribution in [0.3, 0.4) is 0 Å². The van der Waals surface area contributed by atoms with Gasteiger partial charge in [-0.1, -0.05) is 13.8 Å². The average molecular weight is 255 g/mol. The van der Waals surface area contributed by atoms with E-state index < -0.39 is 0 Å². The van der Waals surface area contributed by atoms with E-state index in [-0.39, 0.29) is 0 Å². The third kappa shape index (κ3) is 5.68. The second-order valence-electron chi connectivity index (χ2n) is 5.86. The van der Waals surface area contributed by atoms with Crippen LogP contribution < -0.4 is 5.32 Å². The van der Waals surface area contributed by atoms with E-state index in [1.807, 2.05) is 0 Å². The molecule has 1 saturated heterocycles. The largest absolute Gasteiger partial charge is 0.314 e. The zero-order valence-electron chi connectivity index (χ0n) is 12.9. The first-order chi connectivity index (χ1) is 8.67. The maximum absolute atomic E-state index is 3.59. The van der Waals surface area contributed by atoms with Gasteiger partial charge in [-0.2, -0.15) is 0 Å². The molecule has 3 heteroatoms. The monoisotopic (exact) mass is 255 g/mol. The van der Waals surface area contributed by atoms with Crippen molar-refractivity contribution in [2.45, 2.75) is 58.5 Å². The fourth-order valence-corrected chi connectivity index (χ4v) is 2.83. The third-order valence-corrected chi connectivity index (χ3v) is 4.09. The molecule has 2 unspecified atom stereocenters. The highest BCUT2D eigenvalue weighted by molar-refractivity contribution is 4.78. The van der Waals surface area contributed by atoms with Crippen molar-refractivity contribution in [3.05, 3.63) is 0 Å². The Balaban J connectivity index is 2.33. The second kappa shape index (κ2) is 8.89. The van der Waals surface area contributed by atoms with Crippen LogP contribution in [0, 0.1) is 0 Å². The zero-order valence-corrected chi connectivity index (χ0v) is 12.9. The first-order valence-corrected chi connectivity index (χ1v) is 7.83. The molecule has 1 aliphatic heterocycles. The number of nitrogens with zero attached hydrogens (tertiary/aromatic N) is 2. The lowest BCUT2D eigenvalue weighted by molar-refractivity contribution is 0.176. The Morgan fingerprint density at radius 3 is 2.72 bits per heavy atom. The Hall–Kier alpha value is -0.120. The highest BCUT2D eigenvalue weighted by Crippen LogP contribution is 2.12. The van der Waals surface area contributed by atoms with Crippen LogP contribution in [0.4, 0.5) is 0 Å². The van der Waals surface area contributed by atoms with E-state index in [0.29, 0.717) is 6.04 Å². The highest BCUT2D eigenvalue weighted by Gasteiger charge is 2.21. The summed E-state index contributed by atoms with van der Waals surface area (Å²) in [4.78, 5) is 5.21. The van der Waals surface area contributed by atoms with Gasteiger partial charge in [-0.05, 0) is 65.8 Å². The normalized spacial score (nSPS) is 25.0. The van der Waals surface area contributed by atoms with Crippen molar-refractivity contribution < 1.29 is 0 Å². The molecule has 3 nitrogen and oxygen atoms in total. The van der Waals surface area contributed by atoms with Crippen LogP contribution in [0.25, 0.3) is 0 Å². The molecule has 1 rings (SSSR count). The molecule has 0 radical (unpaired) electrons. The lowest BCUT2D eigenvalue weighted by Crippen LogP contribution is -2.42. The summed E-state index contributed by atoms with van der Waals surface area (Å²) in [5.41, 5.74) is 0. The van der Waals surface area contributed by atoms with Gasteiger partial charge in [0.25, 0.3) is 0 Å². The summed E-state index contributed by atoms with van der Waals surface area (Å²) in [6.45, 7) is 13.1. The molecule has 0 saturated carbocycles. The van der Waals surface area contributed by atoms with Crippen LogP contribution in [0.5, 0.6) is 0 Å². The first kappa shape index (κ1) is 15.9. The van der Waals surface area contributed by atoms with Gasteiger partial charge in [-0.15, -0.1) is 0 Å².